The number of rotatable bonds is 3. The van der Waals surface area contributed by atoms with Gasteiger partial charge in [0, 0.05) is 11.8 Å². The molecule has 0 saturated carbocycles. The molecule has 0 unspecified atom stereocenters. The number of aromatic amines is 1. The number of primary amides is 1. The SMILES string of the molecule is Cc1cc2nc(-c3n[nH]c(CC(N)=O)n3)cc(C)n2n1. The van der Waals surface area contributed by atoms with Crippen molar-refractivity contribution in [3.8, 4) is 11.5 Å². The summed E-state index contributed by atoms with van der Waals surface area (Å²) >= 11 is 0. The van der Waals surface area contributed by atoms with Crippen molar-refractivity contribution in [1.82, 2.24) is 29.8 Å². The Morgan fingerprint density at radius 1 is 1.35 bits per heavy atom. The Hall–Kier alpha value is -2.77. The minimum atomic E-state index is -0.460. The molecule has 3 heterocycles. The molecule has 1 amide bonds. The van der Waals surface area contributed by atoms with Crippen molar-refractivity contribution in [3.63, 3.8) is 0 Å². The first-order valence-electron chi connectivity index (χ1n) is 6.07. The number of amides is 1. The van der Waals surface area contributed by atoms with Gasteiger partial charge < -0.3 is 5.73 Å². The quantitative estimate of drug-likeness (QED) is 0.704. The molecule has 0 aliphatic rings. The first-order chi connectivity index (χ1) is 9.52. The van der Waals surface area contributed by atoms with Gasteiger partial charge in [0.15, 0.2) is 11.5 Å². The third kappa shape index (κ3) is 2.11. The van der Waals surface area contributed by atoms with Crippen LogP contribution in [-0.4, -0.2) is 35.7 Å². The molecular formula is C12H13N7O. The lowest BCUT2D eigenvalue weighted by atomic mass is 10.3. The van der Waals surface area contributed by atoms with E-state index in [2.05, 4.69) is 25.3 Å². The van der Waals surface area contributed by atoms with Gasteiger partial charge in [-0.25, -0.2) is 14.5 Å². The normalized spacial score (nSPS) is 11.1. The smallest absolute Gasteiger partial charge is 0.225 e. The van der Waals surface area contributed by atoms with E-state index in [4.69, 9.17) is 5.73 Å². The van der Waals surface area contributed by atoms with Crippen LogP contribution in [0.1, 0.15) is 17.2 Å². The van der Waals surface area contributed by atoms with Gasteiger partial charge in [-0.2, -0.15) is 10.2 Å². The van der Waals surface area contributed by atoms with Gasteiger partial charge in [-0.3, -0.25) is 9.89 Å². The zero-order chi connectivity index (χ0) is 14.3. The highest BCUT2D eigenvalue weighted by Crippen LogP contribution is 2.16. The van der Waals surface area contributed by atoms with Crippen molar-refractivity contribution in [3.05, 3.63) is 29.3 Å². The van der Waals surface area contributed by atoms with E-state index >= 15 is 0 Å². The van der Waals surface area contributed by atoms with Crippen LogP contribution >= 0.6 is 0 Å². The molecule has 0 aromatic carbocycles. The van der Waals surface area contributed by atoms with E-state index in [1.807, 2.05) is 26.0 Å². The second-order valence-corrected chi connectivity index (χ2v) is 4.59. The molecule has 3 rings (SSSR count). The number of aryl methyl sites for hydroxylation is 2. The molecule has 0 radical (unpaired) electrons. The van der Waals surface area contributed by atoms with E-state index in [0.29, 0.717) is 17.3 Å². The van der Waals surface area contributed by atoms with Gasteiger partial charge in [-0.15, -0.1) is 0 Å². The fraction of sp³-hybridized carbons (Fsp3) is 0.250. The number of carbonyl (C=O) groups is 1. The first-order valence-corrected chi connectivity index (χ1v) is 6.07. The topological polar surface area (TPSA) is 115 Å². The maximum Gasteiger partial charge on any atom is 0.225 e. The summed E-state index contributed by atoms with van der Waals surface area (Å²) in [4.78, 5) is 19.5. The van der Waals surface area contributed by atoms with Crippen molar-refractivity contribution in [2.45, 2.75) is 20.3 Å². The molecule has 3 aromatic rings. The lowest BCUT2D eigenvalue weighted by molar-refractivity contribution is -0.117. The summed E-state index contributed by atoms with van der Waals surface area (Å²) in [6.07, 6.45) is 0.0278. The number of nitrogens with one attached hydrogen (secondary N) is 1. The average Bonchev–Trinajstić information content (AvgIpc) is 2.94. The van der Waals surface area contributed by atoms with Crippen LogP contribution in [0.3, 0.4) is 0 Å². The van der Waals surface area contributed by atoms with Crippen LogP contribution in [-0.2, 0) is 11.2 Å². The van der Waals surface area contributed by atoms with Crippen LogP contribution in [0.4, 0.5) is 0 Å². The number of carbonyl (C=O) groups excluding carboxylic acids is 1. The van der Waals surface area contributed by atoms with Gasteiger partial charge in [-0.05, 0) is 19.9 Å². The Bertz CT molecular complexity index is 801. The molecule has 0 bridgehead atoms. The predicted molar refractivity (Wildman–Crippen MR) is 70.7 cm³/mol. The van der Waals surface area contributed by atoms with E-state index in [-0.39, 0.29) is 6.42 Å². The molecule has 8 nitrogen and oxygen atoms in total. The minimum Gasteiger partial charge on any atom is -0.369 e. The average molecular weight is 271 g/mol. The van der Waals surface area contributed by atoms with Crippen LogP contribution in [0.25, 0.3) is 17.2 Å². The van der Waals surface area contributed by atoms with E-state index in [9.17, 15) is 4.79 Å². The summed E-state index contributed by atoms with van der Waals surface area (Å²) in [5.41, 5.74) is 8.30. The molecular weight excluding hydrogens is 258 g/mol. The zero-order valence-corrected chi connectivity index (χ0v) is 11.1. The summed E-state index contributed by atoms with van der Waals surface area (Å²) < 4.78 is 1.76. The van der Waals surface area contributed by atoms with E-state index < -0.39 is 5.91 Å². The predicted octanol–water partition coefficient (Wildman–Crippen LogP) is 0.159. The van der Waals surface area contributed by atoms with E-state index in [0.717, 1.165) is 17.0 Å². The summed E-state index contributed by atoms with van der Waals surface area (Å²) in [7, 11) is 0. The summed E-state index contributed by atoms with van der Waals surface area (Å²) in [5, 5.41) is 11.1. The number of aromatic nitrogens is 6. The fourth-order valence-corrected chi connectivity index (χ4v) is 2.01. The molecule has 0 aliphatic carbocycles. The number of nitrogens with two attached hydrogens (primary N) is 1. The third-order valence-electron chi connectivity index (χ3n) is 2.83. The van der Waals surface area contributed by atoms with Crippen molar-refractivity contribution in [2.24, 2.45) is 5.73 Å². The largest absolute Gasteiger partial charge is 0.369 e. The second kappa shape index (κ2) is 4.41. The molecule has 3 aromatic heterocycles. The van der Waals surface area contributed by atoms with Gasteiger partial charge in [0.2, 0.25) is 5.91 Å². The number of fused-ring (bicyclic) bond motifs is 1. The minimum absolute atomic E-state index is 0.0278. The standard InChI is InChI=1S/C12H13N7O/c1-6-3-11-14-8(4-7(2)19(11)18-6)12-15-10(16-17-12)5-9(13)20/h3-4H,5H2,1-2H3,(H2,13,20)(H,15,16,17). The van der Waals surface area contributed by atoms with Crippen LogP contribution in [0.2, 0.25) is 0 Å². The Balaban J connectivity index is 2.05. The maximum atomic E-state index is 10.9. The van der Waals surface area contributed by atoms with Crippen molar-refractivity contribution >= 4 is 11.6 Å². The molecule has 0 fully saturated rings. The van der Waals surface area contributed by atoms with Gasteiger partial charge in [0.05, 0.1) is 12.1 Å². The van der Waals surface area contributed by atoms with E-state index in [1.54, 1.807) is 4.52 Å². The van der Waals surface area contributed by atoms with Gasteiger partial charge >= 0.3 is 0 Å². The Morgan fingerprint density at radius 2 is 2.15 bits per heavy atom. The maximum absolute atomic E-state index is 10.9. The lowest BCUT2D eigenvalue weighted by Crippen LogP contribution is -2.14. The van der Waals surface area contributed by atoms with Crippen molar-refractivity contribution < 1.29 is 4.79 Å². The summed E-state index contributed by atoms with van der Waals surface area (Å²) in [5.74, 6) is 0.404. The summed E-state index contributed by atoms with van der Waals surface area (Å²) in [6.45, 7) is 3.84. The Morgan fingerprint density at radius 3 is 2.90 bits per heavy atom. The summed E-state index contributed by atoms with van der Waals surface area (Å²) in [6, 6.07) is 3.73. The number of hydrogen-bond donors (Lipinski definition) is 2. The van der Waals surface area contributed by atoms with Crippen molar-refractivity contribution in [2.75, 3.05) is 0 Å². The van der Waals surface area contributed by atoms with Crippen LogP contribution in [0.5, 0.6) is 0 Å². The van der Waals surface area contributed by atoms with Gasteiger partial charge in [0.25, 0.3) is 0 Å². The second-order valence-electron chi connectivity index (χ2n) is 4.59. The highest BCUT2D eigenvalue weighted by molar-refractivity contribution is 5.75. The Labute approximate surface area is 114 Å². The number of hydrogen-bond acceptors (Lipinski definition) is 5. The molecule has 0 spiro atoms. The zero-order valence-electron chi connectivity index (χ0n) is 11.1. The Kier molecular flexibility index (Phi) is 2.70. The van der Waals surface area contributed by atoms with E-state index in [1.165, 1.54) is 0 Å². The molecule has 0 saturated heterocycles. The van der Waals surface area contributed by atoms with Crippen LogP contribution in [0.15, 0.2) is 12.1 Å². The molecule has 3 N–H and O–H groups in total. The first kappa shape index (κ1) is 12.3. The fourth-order valence-electron chi connectivity index (χ4n) is 2.01. The monoisotopic (exact) mass is 271 g/mol. The highest BCUT2D eigenvalue weighted by Gasteiger charge is 2.12. The molecule has 20 heavy (non-hydrogen) atoms. The molecule has 8 heteroatoms. The van der Waals surface area contributed by atoms with Crippen LogP contribution < -0.4 is 5.73 Å². The number of nitrogens with zero attached hydrogens (tertiary/aromatic N) is 5. The molecule has 102 valence electrons. The molecule has 0 atom stereocenters. The van der Waals surface area contributed by atoms with Crippen LogP contribution in [0, 0.1) is 13.8 Å². The highest BCUT2D eigenvalue weighted by atomic mass is 16.1. The lowest BCUT2D eigenvalue weighted by Gasteiger charge is -2.00. The number of H-pyrrole nitrogens is 1. The third-order valence-corrected chi connectivity index (χ3v) is 2.83. The van der Waals surface area contributed by atoms with Gasteiger partial charge in [0.1, 0.15) is 11.5 Å². The van der Waals surface area contributed by atoms with Crippen molar-refractivity contribution in [1.29, 1.82) is 0 Å². The van der Waals surface area contributed by atoms with Gasteiger partial charge in [-0.1, -0.05) is 0 Å². The molecule has 0 aliphatic heterocycles.